The Balaban J connectivity index is 1.54. The molecule has 6 heteroatoms. The number of nitrogens with zero attached hydrogens (tertiary/aromatic N) is 1. The summed E-state index contributed by atoms with van der Waals surface area (Å²) in [4.78, 5) is 16.6. The van der Waals surface area contributed by atoms with Crippen LogP contribution in [-0.2, 0) is 6.42 Å². The number of nitrogens with one attached hydrogen (secondary N) is 3. The zero-order valence-electron chi connectivity index (χ0n) is 16.2. The average Bonchev–Trinajstić information content (AvgIpc) is 3.02. The maximum Gasteiger partial charge on any atom is 0.319 e. The number of carbonyl (C=O) groups is 1. The lowest BCUT2D eigenvalue weighted by molar-refractivity contribution is 0.250. The van der Waals surface area contributed by atoms with Gasteiger partial charge in [0.25, 0.3) is 0 Å². The van der Waals surface area contributed by atoms with Crippen LogP contribution < -0.4 is 20.7 Å². The molecule has 1 aromatic heterocycles. The highest BCUT2D eigenvalue weighted by molar-refractivity contribution is 5.93. The molecule has 1 aliphatic heterocycles. The van der Waals surface area contributed by atoms with Gasteiger partial charge in [0.2, 0.25) is 0 Å². The molecular formula is C22H24N4O2. The lowest BCUT2D eigenvalue weighted by Gasteiger charge is -2.12. The fourth-order valence-electron chi connectivity index (χ4n) is 3.38. The fourth-order valence-corrected chi connectivity index (χ4v) is 3.38. The number of urea groups is 1. The minimum Gasteiger partial charge on any atom is -0.488 e. The maximum absolute atomic E-state index is 11.9. The van der Waals surface area contributed by atoms with Crippen LogP contribution in [0.4, 0.5) is 22.0 Å². The molecule has 144 valence electrons. The Morgan fingerprint density at radius 2 is 2.04 bits per heavy atom. The smallest absolute Gasteiger partial charge is 0.319 e. The van der Waals surface area contributed by atoms with Gasteiger partial charge in [0.1, 0.15) is 17.7 Å². The Bertz CT molecular complexity index is 1030. The SMILES string of the molecule is CC(C)NC(=O)Nc1ccc2nc(Nc3cccc4c3OC(C)C4)ccc2c1. The number of hydrogen-bond donors (Lipinski definition) is 3. The van der Waals surface area contributed by atoms with Gasteiger partial charge < -0.3 is 20.7 Å². The van der Waals surface area contributed by atoms with Crippen LogP contribution in [0.1, 0.15) is 26.3 Å². The number of hydrogen-bond acceptors (Lipinski definition) is 4. The molecule has 0 saturated heterocycles. The lowest BCUT2D eigenvalue weighted by atomic mass is 10.1. The predicted octanol–water partition coefficient (Wildman–Crippen LogP) is 4.83. The van der Waals surface area contributed by atoms with Crippen molar-refractivity contribution in [1.29, 1.82) is 0 Å². The van der Waals surface area contributed by atoms with Crippen molar-refractivity contribution in [3.8, 4) is 5.75 Å². The maximum atomic E-state index is 11.9. The van der Waals surface area contributed by atoms with Gasteiger partial charge in [0.05, 0.1) is 11.2 Å². The van der Waals surface area contributed by atoms with E-state index in [0.29, 0.717) is 0 Å². The van der Waals surface area contributed by atoms with Gasteiger partial charge in [-0.15, -0.1) is 0 Å². The Hall–Kier alpha value is -3.28. The number of ether oxygens (including phenoxy) is 1. The van der Waals surface area contributed by atoms with E-state index in [4.69, 9.17) is 4.74 Å². The lowest BCUT2D eigenvalue weighted by Crippen LogP contribution is -2.34. The van der Waals surface area contributed by atoms with E-state index in [9.17, 15) is 4.79 Å². The van der Waals surface area contributed by atoms with Gasteiger partial charge in [-0.2, -0.15) is 0 Å². The third-order valence-electron chi connectivity index (χ3n) is 4.55. The van der Waals surface area contributed by atoms with E-state index in [1.165, 1.54) is 5.56 Å². The third kappa shape index (κ3) is 3.86. The van der Waals surface area contributed by atoms with Crippen molar-refractivity contribution >= 4 is 34.1 Å². The summed E-state index contributed by atoms with van der Waals surface area (Å²) in [7, 11) is 0. The number of amides is 2. The molecule has 0 fully saturated rings. The monoisotopic (exact) mass is 376 g/mol. The topological polar surface area (TPSA) is 75.3 Å². The quantitative estimate of drug-likeness (QED) is 0.609. The Labute approximate surface area is 164 Å². The van der Waals surface area contributed by atoms with Crippen molar-refractivity contribution < 1.29 is 9.53 Å². The number of fused-ring (bicyclic) bond motifs is 2. The summed E-state index contributed by atoms with van der Waals surface area (Å²) in [6.45, 7) is 5.92. The molecule has 2 aromatic carbocycles. The molecule has 0 aliphatic carbocycles. The molecule has 4 rings (SSSR count). The van der Waals surface area contributed by atoms with E-state index in [1.807, 2.05) is 56.3 Å². The van der Waals surface area contributed by atoms with Gasteiger partial charge in [0.15, 0.2) is 0 Å². The molecule has 1 atom stereocenters. The molecule has 0 bridgehead atoms. The van der Waals surface area contributed by atoms with Crippen LogP contribution in [0.5, 0.6) is 5.75 Å². The van der Waals surface area contributed by atoms with Gasteiger partial charge in [0, 0.05) is 23.5 Å². The van der Waals surface area contributed by atoms with E-state index in [0.717, 1.165) is 40.3 Å². The first-order valence-corrected chi connectivity index (χ1v) is 9.52. The summed E-state index contributed by atoms with van der Waals surface area (Å²) in [5, 5.41) is 9.98. The summed E-state index contributed by atoms with van der Waals surface area (Å²) < 4.78 is 5.94. The normalized spacial score (nSPS) is 15.2. The van der Waals surface area contributed by atoms with Crippen molar-refractivity contribution in [2.24, 2.45) is 0 Å². The molecule has 28 heavy (non-hydrogen) atoms. The third-order valence-corrected chi connectivity index (χ3v) is 4.55. The van der Waals surface area contributed by atoms with Crippen LogP contribution in [0.2, 0.25) is 0 Å². The Morgan fingerprint density at radius 3 is 2.86 bits per heavy atom. The second kappa shape index (κ2) is 7.38. The minimum atomic E-state index is -0.215. The summed E-state index contributed by atoms with van der Waals surface area (Å²) in [5.74, 6) is 1.66. The van der Waals surface area contributed by atoms with Crippen LogP contribution in [0.25, 0.3) is 10.9 Å². The first kappa shape index (κ1) is 18.1. The van der Waals surface area contributed by atoms with Crippen molar-refractivity contribution in [3.63, 3.8) is 0 Å². The first-order valence-electron chi connectivity index (χ1n) is 9.52. The van der Waals surface area contributed by atoms with E-state index in [2.05, 4.69) is 33.9 Å². The Kier molecular flexibility index (Phi) is 4.77. The number of benzene rings is 2. The van der Waals surface area contributed by atoms with E-state index < -0.39 is 0 Å². The summed E-state index contributed by atoms with van der Waals surface area (Å²) in [6.07, 6.45) is 1.12. The zero-order valence-corrected chi connectivity index (χ0v) is 16.2. The molecule has 6 nitrogen and oxygen atoms in total. The average molecular weight is 376 g/mol. The summed E-state index contributed by atoms with van der Waals surface area (Å²) in [5.41, 5.74) is 3.73. The van der Waals surface area contributed by atoms with Crippen LogP contribution in [-0.4, -0.2) is 23.2 Å². The Morgan fingerprint density at radius 1 is 1.18 bits per heavy atom. The second-order valence-electron chi connectivity index (χ2n) is 7.41. The van der Waals surface area contributed by atoms with E-state index >= 15 is 0 Å². The number of aromatic nitrogens is 1. The highest BCUT2D eigenvalue weighted by Gasteiger charge is 2.21. The fraction of sp³-hybridized carbons (Fsp3) is 0.273. The van der Waals surface area contributed by atoms with Crippen molar-refractivity contribution in [1.82, 2.24) is 10.3 Å². The van der Waals surface area contributed by atoms with Gasteiger partial charge >= 0.3 is 6.03 Å². The van der Waals surface area contributed by atoms with Gasteiger partial charge in [-0.1, -0.05) is 12.1 Å². The molecule has 1 unspecified atom stereocenters. The van der Waals surface area contributed by atoms with Crippen LogP contribution >= 0.6 is 0 Å². The molecular weight excluding hydrogens is 352 g/mol. The highest BCUT2D eigenvalue weighted by Crippen LogP contribution is 2.37. The standard InChI is InChI=1S/C22H24N4O2/c1-13(2)23-22(27)24-17-8-9-18-15(12-17)7-10-20(25-18)26-19-6-4-5-16-11-14(3)28-21(16)19/h4-10,12-14H,11H2,1-3H3,(H,25,26)(H2,23,24,27). The largest absolute Gasteiger partial charge is 0.488 e. The molecule has 1 aliphatic rings. The zero-order chi connectivity index (χ0) is 19.7. The summed E-state index contributed by atoms with van der Waals surface area (Å²) in [6, 6.07) is 15.6. The predicted molar refractivity (Wildman–Crippen MR) is 113 cm³/mol. The molecule has 0 saturated carbocycles. The number of para-hydroxylation sites is 1. The van der Waals surface area contributed by atoms with Crippen molar-refractivity contribution in [2.75, 3.05) is 10.6 Å². The molecule has 0 spiro atoms. The van der Waals surface area contributed by atoms with Crippen molar-refractivity contribution in [3.05, 3.63) is 54.1 Å². The summed E-state index contributed by atoms with van der Waals surface area (Å²) >= 11 is 0. The second-order valence-corrected chi connectivity index (χ2v) is 7.41. The van der Waals surface area contributed by atoms with Gasteiger partial charge in [-0.25, -0.2) is 9.78 Å². The van der Waals surface area contributed by atoms with Crippen molar-refractivity contribution in [2.45, 2.75) is 39.3 Å². The molecule has 3 N–H and O–H groups in total. The van der Waals surface area contributed by atoms with Crippen LogP contribution in [0.3, 0.4) is 0 Å². The molecule has 0 radical (unpaired) electrons. The first-order chi connectivity index (χ1) is 13.5. The van der Waals surface area contributed by atoms with Gasteiger partial charge in [-0.05, 0) is 62.7 Å². The van der Waals surface area contributed by atoms with Crippen LogP contribution in [0.15, 0.2) is 48.5 Å². The molecule has 3 aromatic rings. The van der Waals surface area contributed by atoms with Gasteiger partial charge in [-0.3, -0.25) is 0 Å². The highest BCUT2D eigenvalue weighted by atomic mass is 16.5. The van der Waals surface area contributed by atoms with E-state index in [-0.39, 0.29) is 18.2 Å². The molecule has 2 amide bonds. The number of carbonyl (C=O) groups excluding carboxylic acids is 1. The molecule has 2 heterocycles. The van der Waals surface area contributed by atoms with Crippen LogP contribution in [0, 0.1) is 0 Å². The van der Waals surface area contributed by atoms with E-state index in [1.54, 1.807) is 0 Å². The number of rotatable bonds is 4. The number of anilines is 3. The minimum absolute atomic E-state index is 0.0853. The number of pyridine rings is 1.